The number of aryl methyl sites for hydroxylation is 2. The molecule has 2 aromatic rings. The molecule has 2 rings (SSSR count). The Morgan fingerprint density at radius 2 is 1.95 bits per heavy atom. The van der Waals surface area contributed by atoms with Gasteiger partial charge in [-0.25, -0.2) is 0 Å². The lowest BCUT2D eigenvalue weighted by molar-refractivity contribution is 0.539. The quantitative estimate of drug-likeness (QED) is 0.872. The minimum atomic E-state index is -2.36. The second-order valence-electron chi connectivity index (χ2n) is 4.20. The van der Waals surface area contributed by atoms with E-state index in [1.807, 2.05) is 0 Å². The number of benzene rings is 1. The van der Waals surface area contributed by atoms with E-state index in [4.69, 9.17) is 8.76 Å². The molecule has 0 spiro atoms. The van der Waals surface area contributed by atoms with Gasteiger partial charge in [-0.05, 0) is 18.9 Å². The summed E-state index contributed by atoms with van der Waals surface area (Å²) >= 11 is -2.36. The molecular weight excluding hydrogens is 262 g/mol. The van der Waals surface area contributed by atoms with Crippen molar-refractivity contribution in [3.63, 3.8) is 0 Å². The molecule has 0 bridgehead atoms. The van der Waals surface area contributed by atoms with Crippen molar-refractivity contribution in [3.05, 3.63) is 30.0 Å². The van der Waals surface area contributed by atoms with E-state index >= 15 is 0 Å². The molecule has 1 aromatic heterocycles. The van der Waals surface area contributed by atoms with Crippen LogP contribution < -0.4 is 5.14 Å². The first kappa shape index (κ1) is 15.8. The summed E-state index contributed by atoms with van der Waals surface area (Å²) in [4.78, 5) is 0. The second-order valence-corrected chi connectivity index (χ2v) is 4.72. The summed E-state index contributed by atoms with van der Waals surface area (Å²) in [6, 6.07) is 8.53. The Balaban J connectivity index is 0.000000399. The lowest BCUT2D eigenvalue weighted by atomic mass is 10.1. The molecule has 0 aliphatic rings. The van der Waals surface area contributed by atoms with E-state index in [0.29, 0.717) is 0 Å². The molecule has 1 aromatic carbocycles. The molecule has 0 aliphatic heterocycles. The maximum Gasteiger partial charge on any atom is 0.0703 e. The van der Waals surface area contributed by atoms with Crippen LogP contribution in [0.3, 0.4) is 0 Å². The van der Waals surface area contributed by atoms with E-state index in [-0.39, 0.29) is 0 Å². The lowest BCUT2D eigenvalue weighted by Crippen LogP contribution is -1.99. The summed E-state index contributed by atoms with van der Waals surface area (Å²) < 4.78 is 19.7. The number of nitrogens with zero attached hydrogens (tertiary/aromatic N) is 2. The molecule has 19 heavy (non-hydrogen) atoms. The summed E-state index contributed by atoms with van der Waals surface area (Å²) in [6.45, 7) is 5.41. The van der Waals surface area contributed by atoms with Gasteiger partial charge in [0.25, 0.3) is 0 Å². The van der Waals surface area contributed by atoms with Crippen molar-refractivity contribution < 1.29 is 8.76 Å². The largest absolute Gasteiger partial charge is 0.760 e. The van der Waals surface area contributed by atoms with Gasteiger partial charge in [0.15, 0.2) is 0 Å². The summed E-state index contributed by atoms with van der Waals surface area (Å²) in [6.07, 6.45) is 3.38. The van der Waals surface area contributed by atoms with Crippen LogP contribution in [0.2, 0.25) is 0 Å². The fourth-order valence-corrected chi connectivity index (χ4v) is 2.00. The van der Waals surface area contributed by atoms with Gasteiger partial charge in [-0.15, -0.1) is 0 Å². The second kappa shape index (κ2) is 8.04. The third-order valence-corrected chi connectivity index (χ3v) is 2.66. The number of hydrogen-bond donors (Lipinski definition) is 1. The monoisotopic (exact) mass is 282 g/mol. The van der Waals surface area contributed by atoms with Crippen molar-refractivity contribution >= 4 is 22.2 Å². The Hall–Kier alpha value is -1.24. The van der Waals surface area contributed by atoms with Gasteiger partial charge in [0.1, 0.15) is 0 Å². The van der Waals surface area contributed by atoms with E-state index < -0.39 is 11.3 Å². The molecule has 0 radical (unpaired) electrons. The van der Waals surface area contributed by atoms with E-state index in [1.165, 1.54) is 16.6 Å². The van der Waals surface area contributed by atoms with Gasteiger partial charge in [0.2, 0.25) is 0 Å². The number of aromatic nitrogens is 2. The van der Waals surface area contributed by atoms with Gasteiger partial charge in [-0.3, -0.25) is 14.0 Å². The van der Waals surface area contributed by atoms with Crippen LogP contribution in [0.15, 0.2) is 24.3 Å². The summed E-state index contributed by atoms with van der Waals surface area (Å²) in [5.74, 6) is 0. The van der Waals surface area contributed by atoms with E-state index in [9.17, 15) is 0 Å². The van der Waals surface area contributed by atoms with Crippen LogP contribution in [0, 0.1) is 0 Å². The fourth-order valence-electron chi connectivity index (χ4n) is 2.00. The first-order valence-electron chi connectivity index (χ1n) is 6.38. The number of hydrogen-bond acceptors (Lipinski definition) is 3. The van der Waals surface area contributed by atoms with Crippen molar-refractivity contribution in [2.24, 2.45) is 5.14 Å². The summed E-state index contributed by atoms with van der Waals surface area (Å²) in [7, 11) is 0. The number of fused-ring (bicyclic) bond motifs is 1. The van der Waals surface area contributed by atoms with E-state index in [2.05, 4.69) is 53.0 Å². The molecule has 0 saturated heterocycles. The van der Waals surface area contributed by atoms with E-state index in [0.717, 1.165) is 25.8 Å². The minimum Gasteiger partial charge on any atom is -0.760 e. The summed E-state index contributed by atoms with van der Waals surface area (Å²) in [5, 5.41) is 10.0. The zero-order valence-electron chi connectivity index (χ0n) is 11.3. The molecule has 1 unspecified atom stereocenters. The van der Waals surface area contributed by atoms with Crippen molar-refractivity contribution in [1.82, 2.24) is 9.78 Å². The highest BCUT2D eigenvalue weighted by Gasteiger charge is 2.07. The SMILES string of the molecule is CCCc1nn(CCC)c2ccccc12.NS(=O)[O-]. The van der Waals surface area contributed by atoms with Crippen molar-refractivity contribution in [2.45, 2.75) is 39.7 Å². The molecule has 0 aliphatic carbocycles. The predicted octanol–water partition coefficient (Wildman–Crippen LogP) is 2.14. The van der Waals surface area contributed by atoms with Gasteiger partial charge in [0.05, 0.1) is 11.2 Å². The maximum absolute atomic E-state index is 8.78. The molecular formula is C13H20N3O2S-. The Labute approximate surface area is 116 Å². The highest BCUT2D eigenvalue weighted by molar-refractivity contribution is 7.76. The average Bonchev–Trinajstić information content (AvgIpc) is 2.69. The van der Waals surface area contributed by atoms with Gasteiger partial charge in [-0.1, -0.05) is 38.5 Å². The molecule has 1 atom stereocenters. The van der Waals surface area contributed by atoms with Crippen LogP contribution in [0.1, 0.15) is 32.4 Å². The molecule has 6 heteroatoms. The number of rotatable bonds is 4. The van der Waals surface area contributed by atoms with Crippen LogP contribution in [0.25, 0.3) is 10.9 Å². The smallest absolute Gasteiger partial charge is 0.0703 e. The molecule has 0 saturated carbocycles. The highest BCUT2D eigenvalue weighted by atomic mass is 32.2. The molecule has 1 heterocycles. The molecule has 0 fully saturated rings. The lowest BCUT2D eigenvalue weighted by Gasteiger charge is -1.98. The zero-order chi connectivity index (χ0) is 14.3. The van der Waals surface area contributed by atoms with E-state index in [1.54, 1.807) is 0 Å². The van der Waals surface area contributed by atoms with Gasteiger partial charge < -0.3 is 4.55 Å². The van der Waals surface area contributed by atoms with Crippen molar-refractivity contribution in [3.8, 4) is 0 Å². The molecule has 5 nitrogen and oxygen atoms in total. The van der Waals surface area contributed by atoms with Crippen LogP contribution in [0.4, 0.5) is 0 Å². The predicted molar refractivity (Wildman–Crippen MR) is 77.1 cm³/mol. The maximum atomic E-state index is 8.78. The average molecular weight is 282 g/mol. The third kappa shape index (κ3) is 4.74. The number of para-hydroxylation sites is 1. The first-order valence-corrected chi connectivity index (χ1v) is 7.52. The third-order valence-electron chi connectivity index (χ3n) is 2.66. The first-order chi connectivity index (χ1) is 9.10. The molecule has 2 N–H and O–H groups in total. The Morgan fingerprint density at radius 1 is 1.32 bits per heavy atom. The van der Waals surface area contributed by atoms with Crippen LogP contribution in [-0.4, -0.2) is 18.5 Å². The summed E-state index contributed by atoms with van der Waals surface area (Å²) in [5.41, 5.74) is 2.53. The molecule has 0 amide bonds. The fraction of sp³-hybridized carbons (Fsp3) is 0.462. The van der Waals surface area contributed by atoms with Crippen molar-refractivity contribution in [1.29, 1.82) is 0 Å². The molecule has 106 valence electrons. The minimum absolute atomic E-state index is 1.02. The van der Waals surface area contributed by atoms with Gasteiger partial charge in [0, 0.05) is 23.2 Å². The Morgan fingerprint density at radius 3 is 2.53 bits per heavy atom. The van der Waals surface area contributed by atoms with Crippen LogP contribution >= 0.6 is 0 Å². The topological polar surface area (TPSA) is 84.0 Å². The zero-order valence-corrected chi connectivity index (χ0v) is 12.2. The van der Waals surface area contributed by atoms with Gasteiger partial charge >= 0.3 is 0 Å². The Kier molecular flexibility index (Phi) is 6.69. The van der Waals surface area contributed by atoms with Crippen LogP contribution in [-0.2, 0) is 24.2 Å². The normalized spacial score (nSPS) is 12.0. The van der Waals surface area contributed by atoms with Gasteiger partial charge in [-0.2, -0.15) is 5.10 Å². The Bertz CT molecular complexity index is 496. The standard InChI is InChI=1S/C13H18N2.H3NO2S/c1-3-7-12-11-8-5-6-9-13(11)15(14-12)10-4-2;1-4(2)3/h5-6,8-9H,3-4,7,10H2,1-2H3;1H2,(H,2,3)/p-1. The highest BCUT2D eigenvalue weighted by Crippen LogP contribution is 2.19. The van der Waals surface area contributed by atoms with Crippen LogP contribution in [0.5, 0.6) is 0 Å². The number of nitrogens with two attached hydrogens (primary N) is 1. The van der Waals surface area contributed by atoms with Crippen molar-refractivity contribution in [2.75, 3.05) is 0 Å².